The van der Waals surface area contributed by atoms with Crippen LogP contribution < -0.4 is 0 Å². The lowest BCUT2D eigenvalue weighted by Crippen LogP contribution is -1.87. The molecular weight excluding hydrogens is 288 g/mol. The Bertz CT molecular complexity index is 941. The number of nitrogens with zero attached hydrogens (tertiary/aromatic N) is 2. The van der Waals surface area contributed by atoms with Gasteiger partial charge in [-0.15, -0.1) is 0 Å². The van der Waals surface area contributed by atoms with E-state index in [9.17, 15) is 8.78 Å². The molecular formula is C16H9F2N3O. The lowest BCUT2D eigenvalue weighted by Gasteiger charge is -1.99. The predicted octanol–water partition coefficient (Wildman–Crippen LogP) is 4.16. The summed E-state index contributed by atoms with van der Waals surface area (Å²) in [5, 5.41) is 0. The van der Waals surface area contributed by atoms with Crippen molar-refractivity contribution >= 4 is 11.0 Å². The largest absolute Gasteiger partial charge is 0.453 e. The molecule has 0 radical (unpaired) electrons. The van der Waals surface area contributed by atoms with Gasteiger partial charge < -0.3 is 9.40 Å². The Morgan fingerprint density at radius 3 is 2.73 bits per heavy atom. The Hall–Kier alpha value is -3.02. The SMILES string of the molecule is Fc1cccc(-c2ccc(-c3nc4ccncc4[nH]3)o2)c1F. The zero-order valence-corrected chi connectivity index (χ0v) is 11.2. The van der Waals surface area contributed by atoms with Crippen molar-refractivity contribution in [3.63, 3.8) is 0 Å². The van der Waals surface area contributed by atoms with Gasteiger partial charge in [0.2, 0.25) is 0 Å². The number of fused-ring (bicyclic) bond motifs is 1. The van der Waals surface area contributed by atoms with Gasteiger partial charge in [0.15, 0.2) is 23.2 Å². The van der Waals surface area contributed by atoms with Crippen molar-refractivity contribution in [3.05, 3.63) is 60.4 Å². The number of pyridine rings is 1. The van der Waals surface area contributed by atoms with Gasteiger partial charge in [-0.2, -0.15) is 0 Å². The van der Waals surface area contributed by atoms with E-state index in [0.717, 1.165) is 17.1 Å². The molecule has 0 fully saturated rings. The maximum Gasteiger partial charge on any atom is 0.174 e. The number of aromatic nitrogens is 3. The van der Waals surface area contributed by atoms with Gasteiger partial charge in [-0.05, 0) is 30.3 Å². The molecule has 0 saturated carbocycles. The molecule has 0 spiro atoms. The van der Waals surface area contributed by atoms with Crippen LogP contribution in [0.25, 0.3) is 33.9 Å². The molecule has 3 aromatic heterocycles. The molecule has 22 heavy (non-hydrogen) atoms. The van der Waals surface area contributed by atoms with Gasteiger partial charge in [0, 0.05) is 6.20 Å². The van der Waals surface area contributed by atoms with E-state index < -0.39 is 11.6 Å². The number of hydrogen-bond acceptors (Lipinski definition) is 3. The summed E-state index contributed by atoms with van der Waals surface area (Å²) in [4.78, 5) is 11.4. The molecule has 4 aromatic rings. The summed E-state index contributed by atoms with van der Waals surface area (Å²) in [6, 6.07) is 8.97. The Kier molecular flexibility index (Phi) is 2.75. The second kappa shape index (κ2) is 4.77. The first-order chi connectivity index (χ1) is 10.7. The van der Waals surface area contributed by atoms with Crippen LogP contribution in [0.15, 0.2) is 53.2 Å². The highest BCUT2D eigenvalue weighted by Gasteiger charge is 2.15. The summed E-state index contributed by atoms with van der Waals surface area (Å²) < 4.78 is 32.7. The number of nitrogens with one attached hydrogen (secondary N) is 1. The molecule has 1 N–H and O–H groups in total. The monoisotopic (exact) mass is 297 g/mol. The van der Waals surface area contributed by atoms with Gasteiger partial charge in [0.05, 0.1) is 22.8 Å². The number of aromatic amines is 1. The quantitative estimate of drug-likeness (QED) is 0.604. The third kappa shape index (κ3) is 1.96. The second-order valence-electron chi connectivity index (χ2n) is 4.74. The molecule has 3 heterocycles. The zero-order valence-electron chi connectivity index (χ0n) is 11.2. The average Bonchev–Trinajstić information content (AvgIpc) is 3.16. The van der Waals surface area contributed by atoms with E-state index in [0.29, 0.717) is 11.6 Å². The lowest BCUT2D eigenvalue weighted by molar-refractivity contribution is 0.505. The minimum atomic E-state index is -0.933. The molecule has 0 saturated heterocycles. The van der Waals surface area contributed by atoms with Crippen LogP contribution in [0.5, 0.6) is 0 Å². The van der Waals surface area contributed by atoms with E-state index in [2.05, 4.69) is 15.0 Å². The summed E-state index contributed by atoms with van der Waals surface area (Å²) in [5.41, 5.74) is 1.59. The Balaban J connectivity index is 1.79. The van der Waals surface area contributed by atoms with Crippen LogP contribution in [0.3, 0.4) is 0 Å². The van der Waals surface area contributed by atoms with Crippen LogP contribution in [0, 0.1) is 11.6 Å². The topological polar surface area (TPSA) is 54.7 Å². The van der Waals surface area contributed by atoms with Gasteiger partial charge in [-0.1, -0.05) is 6.07 Å². The number of benzene rings is 1. The number of halogens is 2. The van der Waals surface area contributed by atoms with Crippen molar-refractivity contribution in [1.82, 2.24) is 15.0 Å². The van der Waals surface area contributed by atoms with Crippen molar-refractivity contribution in [1.29, 1.82) is 0 Å². The van der Waals surface area contributed by atoms with Gasteiger partial charge in [0.1, 0.15) is 5.76 Å². The van der Waals surface area contributed by atoms with Crippen LogP contribution >= 0.6 is 0 Å². The van der Waals surface area contributed by atoms with E-state index in [4.69, 9.17) is 4.42 Å². The molecule has 1 aromatic carbocycles. The van der Waals surface area contributed by atoms with Crippen LogP contribution in [0.2, 0.25) is 0 Å². The summed E-state index contributed by atoms with van der Waals surface area (Å²) in [6.07, 6.45) is 3.30. The molecule has 4 rings (SSSR count). The minimum Gasteiger partial charge on any atom is -0.453 e. The predicted molar refractivity (Wildman–Crippen MR) is 76.9 cm³/mol. The fraction of sp³-hybridized carbons (Fsp3) is 0. The highest BCUT2D eigenvalue weighted by Crippen LogP contribution is 2.30. The number of rotatable bonds is 2. The smallest absolute Gasteiger partial charge is 0.174 e. The fourth-order valence-corrected chi connectivity index (χ4v) is 2.28. The van der Waals surface area contributed by atoms with Crippen LogP contribution in [-0.2, 0) is 0 Å². The lowest BCUT2D eigenvalue weighted by atomic mass is 10.1. The number of furan rings is 1. The van der Waals surface area contributed by atoms with E-state index in [1.165, 1.54) is 12.1 Å². The van der Waals surface area contributed by atoms with E-state index in [-0.39, 0.29) is 11.3 Å². The van der Waals surface area contributed by atoms with Crippen molar-refractivity contribution in [2.75, 3.05) is 0 Å². The second-order valence-corrected chi connectivity index (χ2v) is 4.74. The van der Waals surface area contributed by atoms with Crippen molar-refractivity contribution in [2.45, 2.75) is 0 Å². The van der Waals surface area contributed by atoms with Crippen molar-refractivity contribution in [3.8, 4) is 22.9 Å². The van der Waals surface area contributed by atoms with Gasteiger partial charge in [-0.25, -0.2) is 13.8 Å². The van der Waals surface area contributed by atoms with E-state index in [1.807, 2.05) is 0 Å². The molecule has 108 valence electrons. The Morgan fingerprint density at radius 2 is 1.86 bits per heavy atom. The zero-order chi connectivity index (χ0) is 15.1. The summed E-state index contributed by atoms with van der Waals surface area (Å²) >= 11 is 0. The van der Waals surface area contributed by atoms with Gasteiger partial charge in [0.25, 0.3) is 0 Å². The van der Waals surface area contributed by atoms with Crippen LogP contribution in [-0.4, -0.2) is 15.0 Å². The molecule has 0 aliphatic heterocycles. The number of imidazole rings is 1. The average molecular weight is 297 g/mol. The first kappa shape index (κ1) is 12.7. The normalized spacial score (nSPS) is 11.2. The van der Waals surface area contributed by atoms with Crippen molar-refractivity contribution < 1.29 is 13.2 Å². The third-order valence-corrected chi connectivity index (χ3v) is 3.34. The molecule has 4 nitrogen and oxygen atoms in total. The van der Waals surface area contributed by atoms with E-state index >= 15 is 0 Å². The Morgan fingerprint density at radius 1 is 1.00 bits per heavy atom. The first-order valence-corrected chi connectivity index (χ1v) is 6.57. The minimum absolute atomic E-state index is 0.0732. The fourth-order valence-electron chi connectivity index (χ4n) is 2.28. The maximum atomic E-state index is 13.8. The Labute approximate surface area is 123 Å². The summed E-state index contributed by atoms with van der Waals surface area (Å²) in [5.74, 6) is -0.658. The van der Waals surface area contributed by atoms with E-state index in [1.54, 1.807) is 30.6 Å². The maximum absolute atomic E-state index is 13.8. The molecule has 0 aliphatic rings. The number of H-pyrrole nitrogens is 1. The highest BCUT2D eigenvalue weighted by atomic mass is 19.2. The third-order valence-electron chi connectivity index (χ3n) is 3.34. The summed E-state index contributed by atoms with van der Waals surface area (Å²) in [7, 11) is 0. The molecule has 6 heteroatoms. The molecule has 0 unspecified atom stereocenters. The first-order valence-electron chi connectivity index (χ1n) is 6.57. The van der Waals surface area contributed by atoms with Gasteiger partial charge >= 0.3 is 0 Å². The summed E-state index contributed by atoms with van der Waals surface area (Å²) in [6.45, 7) is 0. The molecule has 0 aliphatic carbocycles. The van der Waals surface area contributed by atoms with Gasteiger partial charge in [-0.3, -0.25) is 4.98 Å². The molecule has 0 atom stereocenters. The standard InChI is InChI=1S/C16H9F2N3O/c17-10-3-1-2-9(15(10)18)13-4-5-14(22-13)16-20-11-6-7-19-8-12(11)21-16/h1-8H,(H,20,21). The van der Waals surface area contributed by atoms with Crippen LogP contribution in [0.4, 0.5) is 8.78 Å². The molecule has 0 amide bonds. The number of hydrogen-bond donors (Lipinski definition) is 1. The molecule has 0 bridgehead atoms. The highest BCUT2D eigenvalue weighted by molar-refractivity contribution is 5.77. The van der Waals surface area contributed by atoms with Crippen LogP contribution in [0.1, 0.15) is 0 Å². The van der Waals surface area contributed by atoms with Crippen molar-refractivity contribution in [2.24, 2.45) is 0 Å².